The number of alkyl halides is 1. The van der Waals surface area contributed by atoms with Crippen molar-refractivity contribution in [3.05, 3.63) is 24.3 Å². The van der Waals surface area contributed by atoms with Gasteiger partial charge in [0.25, 0.3) is 0 Å². The summed E-state index contributed by atoms with van der Waals surface area (Å²) in [5, 5.41) is 1.11. The van der Waals surface area contributed by atoms with Crippen LogP contribution >= 0.6 is 27.7 Å². The van der Waals surface area contributed by atoms with E-state index in [0.717, 1.165) is 17.0 Å². The molecule has 0 fully saturated rings. The zero-order chi connectivity index (χ0) is 11.8. The maximum absolute atomic E-state index is 5.20. The van der Waals surface area contributed by atoms with Crippen LogP contribution < -0.4 is 4.74 Å². The van der Waals surface area contributed by atoms with Crippen molar-refractivity contribution in [2.45, 2.75) is 24.7 Å². The molecule has 1 aromatic carbocycles. The van der Waals surface area contributed by atoms with Gasteiger partial charge in [0.2, 0.25) is 0 Å². The van der Waals surface area contributed by atoms with Crippen LogP contribution in [0.1, 0.15) is 19.8 Å². The quantitative estimate of drug-likeness (QED) is 0.538. The number of ether oxygens (including phenoxy) is 1. The predicted molar refractivity (Wildman–Crippen MR) is 75.9 cm³/mol. The summed E-state index contributed by atoms with van der Waals surface area (Å²) in [7, 11) is 1.71. The van der Waals surface area contributed by atoms with Crippen LogP contribution in [0.4, 0.5) is 0 Å². The van der Waals surface area contributed by atoms with E-state index in [4.69, 9.17) is 4.74 Å². The van der Waals surface area contributed by atoms with Gasteiger partial charge in [-0.2, -0.15) is 0 Å². The third kappa shape index (κ3) is 5.26. The zero-order valence-electron chi connectivity index (χ0n) is 9.91. The van der Waals surface area contributed by atoms with E-state index in [2.05, 4.69) is 35.0 Å². The minimum atomic E-state index is 0.803. The Morgan fingerprint density at radius 3 is 2.88 bits per heavy atom. The Balaban J connectivity index is 2.31. The molecule has 1 aromatic rings. The van der Waals surface area contributed by atoms with E-state index in [0.29, 0.717) is 0 Å². The number of thioether (sulfide) groups is 1. The van der Waals surface area contributed by atoms with E-state index in [9.17, 15) is 0 Å². The maximum Gasteiger partial charge on any atom is 0.119 e. The average Bonchev–Trinajstić information content (AvgIpc) is 2.30. The molecule has 0 amide bonds. The van der Waals surface area contributed by atoms with Crippen molar-refractivity contribution in [3.8, 4) is 5.75 Å². The van der Waals surface area contributed by atoms with Crippen molar-refractivity contribution in [3.63, 3.8) is 0 Å². The van der Waals surface area contributed by atoms with E-state index in [-0.39, 0.29) is 0 Å². The lowest BCUT2D eigenvalue weighted by molar-refractivity contribution is 0.413. The van der Waals surface area contributed by atoms with E-state index in [1.54, 1.807) is 7.11 Å². The molecule has 0 aliphatic rings. The zero-order valence-corrected chi connectivity index (χ0v) is 12.3. The Kier molecular flexibility index (Phi) is 6.97. The van der Waals surface area contributed by atoms with Crippen LogP contribution in [0, 0.1) is 5.92 Å². The highest BCUT2D eigenvalue weighted by atomic mass is 79.9. The first-order valence-corrected chi connectivity index (χ1v) is 7.69. The third-order valence-corrected chi connectivity index (χ3v) is 4.01. The van der Waals surface area contributed by atoms with E-state index in [1.807, 2.05) is 23.9 Å². The molecule has 0 N–H and O–H groups in total. The Hall–Kier alpha value is -0.150. The molecule has 0 aromatic heterocycles. The van der Waals surface area contributed by atoms with E-state index >= 15 is 0 Å². The number of benzene rings is 1. The normalized spacial score (nSPS) is 12.4. The van der Waals surface area contributed by atoms with Gasteiger partial charge in [-0.25, -0.2) is 0 Å². The summed E-state index contributed by atoms with van der Waals surface area (Å²) in [4.78, 5) is 1.30. The topological polar surface area (TPSA) is 9.23 Å². The monoisotopic (exact) mass is 302 g/mol. The van der Waals surface area contributed by atoms with Crippen molar-refractivity contribution < 1.29 is 4.74 Å². The molecule has 16 heavy (non-hydrogen) atoms. The van der Waals surface area contributed by atoms with E-state index < -0.39 is 0 Å². The van der Waals surface area contributed by atoms with Gasteiger partial charge < -0.3 is 4.74 Å². The highest BCUT2D eigenvalue weighted by Crippen LogP contribution is 2.24. The molecule has 0 aliphatic heterocycles. The second kappa shape index (κ2) is 8.02. The van der Waals surface area contributed by atoms with Gasteiger partial charge in [0.1, 0.15) is 5.75 Å². The number of rotatable bonds is 7. The molecular weight excluding hydrogens is 284 g/mol. The average molecular weight is 303 g/mol. The summed E-state index contributed by atoms with van der Waals surface area (Å²) >= 11 is 5.39. The van der Waals surface area contributed by atoms with Crippen molar-refractivity contribution in [2.24, 2.45) is 5.92 Å². The summed E-state index contributed by atoms with van der Waals surface area (Å²) < 4.78 is 5.20. The Bertz CT molecular complexity index is 304. The van der Waals surface area contributed by atoms with Gasteiger partial charge in [0.15, 0.2) is 0 Å². The van der Waals surface area contributed by atoms with Gasteiger partial charge in [-0.05, 0) is 42.7 Å². The fourth-order valence-electron chi connectivity index (χ4n) is 1.40. The summed E-state index contributed by atoms with van der Waals surface area (Å²) in [5.41, 5.74) is 0. The SMILES string of the molecule is COc1cccc(SCCC(C)CCBr)c1. The number of hydrogen-bond donors (Lipinski definition) is 0. The van der Waals surface area contributed by atoms with E-state index in [1.165, 1.54) is 23.5 Å². The summed E-state index contributed by atoms with van der Waals surface area (Å²) in [6.07, 6.45) is 2.53. The van der Waals surface area contributed by atoms with Crippen LogP contribution in [0.3, 0.4) is 0 Å². The van der Waals surface area contributed by atoms with Crippen LogP contribution in [-0.4, -0.2) is 18.2 Å². The van der Waals surface area contributed by atoms with Crippen LogP contribution in [0.15, 0.2) is 29.2 Å². The Morgan fingerprint density at radius 2 is 2.19 bits per heavy atom. The van der Waals surface area contributed by atoms with Gasteiger partial charge in [0, 0.05) is 10.2 Å². The number of methoxy groups -OCH3 is 1. The minimum absolute atomic E-state index is 0.803. The highest BCUT2D eigenvalue weighted by Gasteiger charge is 2.02. The number of hydrogen-bond acceptors (Lipinski definition) is 2. The predicted octanol–water partition coefficient (Wildman–Crippen LogP) is 4.60. The Labute approximate surface area is 111 Å². The molecule has 1 atom stereocenters. The molecule has 0 bridgehead atoms. The molecule has 0 saturated carbocycles. The first-order valence-electron chi connectivity index (χ1n) is 5.59. The summed E-state index contributed by atoms with van der Waals surface area (Å²) in [5.74, 6) is 2.93. The van der Waals surface area contributed by atoms with Crippen molar-refractivity contribution in [1.82, 2.24) is 0 Å². The van der Waals surface area contributed by atoms with Crippen molar-refractivity contribution in [1.29, 1.82) is 0 Å². The maximum atomic E-state index is 5.20. The summed E-state index contributed by atoms with van der Waals surface area (Å²) in [6.45, 7) is 2.31. The largest absolute Gasteiger partial charge is 0.497 e. The molecule has 1 nitrogen and oxygen atoms in total. The van der Waals surface area contributed by atoms with Crippen LogP contribution in [0.25, 0.3) is 0 Å². The molecule has 1 rings (SSSR count). The highest BCUT2D eigenvalue weighted by molar-refractivity contribution is 9.09. The van der Waals surface area contributed by atoms with Gasteiger partial charge in [0.05, 0.1) is 7.11 Å². The number of halogens is 1. The lowest BCUT2D eigenvalue weighted by Gasteiger charge is -2.09. The fourth-order valence-corrected chi connectivity index (χ4v) is 3.31. The van der Waals surface area contributed by atoms with Gasteiger partial charge in [-0.15, -0.1) is 11.8 Å². The van der Waals surface area contributed by atoms with Crippen molar-refractivity contribution in [2.75, 3.05) is 18.2 Å². The van der Waals surface area contributed by atoms with Crippen LogP contribution in [0.5, 0.6) is 5.75 Å². The first kappa shape index (κ1) is 13.9. The molecular formula is C13H19BrOS. The van der Waals surface area contributed by atoms with Crippen LogP contribution in [0.2, 0.25) is 0 Å². The molecule has 0 spiro atoms. The summed E-state index contributed by atoms with van der Waals surface area (Å²) in [6, 6.07) is 8.27. The second-order valence-corrected chi connectivity index (χ2v) is 5.86. The van der Waals surface area contributed by atoms with Gasteiger partial charge >= 0.3 is 0 Å². The standard InChI is InChI=1S/C13H19BrOS/c1-11(6-8-14)7-9-16-13-5-3-4-12(10-13)15-2/h3-5,10-11H,6-9H2,1-2H3. The van der Waals surface area contributed by atoms with Gasteiger partial charge in [-0.3, -0.25) is 0 Å². The molecule has 0 aliphatic carbocycles. The Morgan fingerprint density at radius 1 is 1.38 bits per heavy atom. The second-order valence-electron chi connectivity index (χ2n) is 3.90. The lowest BCUT2D eigenvalue weighted by Crippen LogP contribution is -1.96. The lowest BCUT2D eigenvalue weighted by atomic mass is 10.1. The fraction of sp³-hybridized carbons (Fsp3) is 0.538. The first-order chi connectivity index (χ1) is 7.76. The molecule has 0 heterocycles. The van der Waals surface area contributed by atoms with Crippen LogP contribution in [-0.2, 0) is 0 Å². The third-order valence-electron chi connectivity index (χ3n) is 2.52. The van der Waals surface area contributed by atoms with Gasteiger partial charge in [-0.1, -0.05) is 28.9 Å². The molecule has 90 valence electrons. The molecule has 0 saturated heterocycles. The van der Waals surface area contributed by atoms with Crippen molar-refractivity contribution >= 4 is 27.7 Å². The minimum Gasteiger partial charge on any atom is -0.497 e. The molecule has 3 heteroatoms. The molecule has 1 unspecified atom stereocenters. The molecule has 0 radical (unpaired) electrons. The smallest absolute Gasteiger partial charge is 0.119 e.